The summed E-state index contributed by atoms with van der Waals surface area (Å²) in [7, 11) is 0.921. The quantitative estimate of drug-likeness (QED) is 0.592. The van der Waals surface area contributed by atoms with Gasteiger partial charge in [-0.25, -0.2) is 17.6 Å². The van der Waals surface area contributed by atoms with E-state index >= 15 is 0 Å². The zero-order chi connectivity index (χ0) is 9.07. The Labute approximate surface area is 62.3 Å². The highest BCUT2D eigenvalue weighted by molar-refractivity contribution is 4.81. The first-order valence-electron chi connectivity index (χ1n) is 3.06. The molecular weight excluding hydrogens is 164 g/mol. The van der Waals surface area contributed by atoms with E-state index in [2.05, 4.69) is 4.74 Å². The maximum Gasteiger partial charge on any atom is 0.304 e. The molecule has 0 radical (unpaired) electrons. The summed E-state index contributed by atoms with van der Waals surface area (Å²) in [5.41, 5.74) is 0. The Hall–Kier alpha value is -0.320. The summed E-state index contributed by atoms with van der Waals surface area (Å²) in [6, 6.07) is 0. The molecule has 68 valence electrons. The van der Waals surface area contributed by atoms with Crippen molar-refractivity contribution < 1.29 is 22.3 Å². The van der Waals surface area contributed by atoms with Crippen LogP contribution in [0, 0.1) is 0 Å². The zero-order valence-corrected chi connectivity index (χ0v) is 6.28. The topological polar surface area (TPSA) is 9.23 Å². The van der Waals surface area contributed by atoms with Gasteiger partial charge in [0.25, 0.3) is 0 Å². The summed E-state index contributed by atoms with van der Waals surface area (Å²) < 4.78 is 52.6. The predicted molar refractivity (Wildman–Crippen MR) is 32.3 cm³/mol. The third-order valence-electron chi connectivity index (χ3n) is 1.27. The summed E-state index contributed by atoms with van der Waals surface area (Å²) in [5.74, 6) is -3.73. The molecule has 2 atom stereocenters. The van der Waals surface area contributed by atoms with Crippen molar-refractivity contribution in [1.82, 2.24) is 0 Å². The lowest BCUT2D eigenvalue weighted by molar-refractivity contribution is -0.156. The normalized spacial score (nSPS) is 18.0. The molecule has 0 aliphatic rings. The van der Waals surface area contributed by atoms with Gasteiger partial charge in [-0.1, -0.05) is 0 Å². The van der Waals surface area contributed by atoms with Crippen LogP contribution in [0.3, 0.4) is 0 Å². The fraction of sp³-hybridized carbons (Fsp3) is 1.00. The van der Waals surface area contributed by atoms with Crippen molar-refractivity contribution in [1.29, 1.82) is 0 Å². The second-order valence-electron chi connectivity index (χ2n) is 2.23. The molecule has 0 aliphatic carbocycles. The van der Waals surface area contributed by atoms with Gasteiger partial charge in [0, 0.05) is 7.11 Å². The molecule has 0 N–H and O–H groups in total. The van der Waals surface area contributed by atoms with Gasteiger partial charge >= 0.3 is 5.92 Å². The van der Waals surface area contributed by atoms with Gasteiger partial charge < -0.3 is 4.74 Å². The second-order valence-corrected chi connectivity index (χ2v) is 2.23. The number of ether oxygens (including phenoxy) is 1. The molecular formula is C6H10F4O. The van der Waals surface area contributed by atoms with E-state index in [1.54, 1.807) is 0 Å². The lowest BCUT2D eigenvalue weighted by atomic mass is 10.1. The van der Waals surface area contributed by atoms with Crippen LogP contribution >= 0.6 is 0 Å². The molecule has 0 spiro atoms. The average molecular weight is 174 g/mol. The number of hydrogen-bond donors (Lipinski definition) is 0. The Kier molecular flexibility index (Phi) is 3.78. The van der Waals surface area contributed by atoms with Crippen molar-refractivity contribution in [2.45, 2.75) is 25.1 Å². The van der Waals surface area contributed by atoms with Gasteiger partial charge in [-0.3, -0.25) is 0 Å². The minimum Gasteiger partial charge on any atom is -0.372 e. The second kappa shape index (κ2) is 3.90. The molecule has 0 aliphatic heterocycles. The Bertz CT molecular complexity index is 115. The lowest BCUT2D eigenvalue weighted by Crippen LogP contribution is -2.42. The van der Waals surface area contributed by atoms with Crippen LogP contribution in [0.15, 0.2) is 0 Å². The molecule has 0 amide bonds. The van der Waals surface area contributed by atoms with Crippen molar-refractivity contribution in [2.24, 2.45) is 0 Å². The van der Waals surface area contributed by atoms with Crippen molar-refractivity contribution in [3.8, 4) is 0 Å². The van der Waals surface area contributed by atoms with E-state index in [0.29, 0.717) is 0 Å². The van der Waals surface area contributed by atoms with Crippen LogP contribution < -0.4 is 0 Å². The largest absolute Gasteiger partial charge is 0.372 e. The van der Waals surface area contributed by atoms with Crippen LogP contribution in [0.1, 0.15) is 6.92 Å². The Morgan fingerprint density at radius 3 is 2.00 bits per heavy atom. The molecule has 5 heteroatoms. The maximum atomic E-state index is 12.3. The van der Waals surface area contributed by atoms with E-state index in [1.165, 1.54) is 0 Å². The molecule has 11 heavy (non-hydrogen) atoms. The first-order valence-corrected chi connectivity index (χ1v) is 3.06. The SMILES string of the molecule is COC(C(C)F)C(F)(F)CF. The monoisotopic (exact) mass is 174 g/mol. The van der Waals surface area contributed by atoms with E-state index in [1.807, 2.05) is 0 Å². The number of halogens is 4. The standard InChI is InChI=1S/C6H10F4O/c1-4(8)5(11-2)6(9,10)3-7/h4-5H,3H2,1-2H3. The minimum atomic E-state index is -3.73. The highest BCUT2D eigenvalue weighted by Gasteiger charge is 2.43. The number of hydrogen-bond acceptors (Lipinski definition) is 1. The van der Waals surface area contributed by atoms with Crippen LogP contribution in [-0.4, -0.2) is 32.0 Å². The minimum absolute atomic E-state index is 0.901. The van der Waals surface area contributed by atoms with E-state index in [0.717, 1.165) is 14.0 Å². The number of methoxy groups -OCH3 is 1. The van der Waals surface area contributed by atoms with E-state index < -0.39 is 24.9 Å². The van der Waals surface area contributed by atoms with E-state index in [4.69, 9.17) is 0 Å². The van der Waals surface area contributed by atoms with Crippen LogP contribution in [0.4, 0.5) is 17.6 Å². The first kappa shape index (κ1) is 10.7. The molecule has 0 aromatic rings. The number of rotatable bonds is 4. The van der Waals surface area contributed by atoms with Crippen LogP contribution in [0.2, 0.25) is 0 Å². The van der Waals surface area contributed by atoms with Gasteiger partial charge in [0.15, 0.2) is 12.8 Å². The summed E-state index contributed by atoms with van der Waals surface area (Å²) >= 11 is 0. The van der Waals surface area contributed by atoms with Gasteiger partial charge in [-0.2, -0.15) is 0 Å². The fourth-order valence-corrected chi connectivity index (χ4v) is 0.772. The van der Waals surface area contributed by atoms with Gasteiger partial charge in [0.2, 0.25) is 0 Å². The Morgan fingerprint density at radius 2 is 1.91 bits per heavy atom. The predicted octanol–water partition coefficient (Wildman–Crippen LogP) is 1.96. The third-order valence-corrected chi connectivity index (χ3v) is 1.27. The first-order chi connectivity index (χ1) is 4.95. The molecule has 0 saturated carbocycles. The number of alkyl halides is 4. The molecule has 0 heterocycles. The van der Waals surface area contributed by atoms with Crippen molar-refractivity contribution in [2.75, 3.05) is 13.8 Å². The lowest BCUT2D eigenvalue weighted by Gasteiger charge is -2.23. The Balaban J connectivity index is 4.23. The van der Waals surface area contributed by atoms with Crippen molar-refractivity contribution in [3.63, 3.8) is 0 Å². The summed E-state index contributed by atoms with van der Waals surface area (Å²) in [6.07, 6.45) is -3.88. The van der Waals surface area contributed by atoms with Crippen LogP contribution in [-0.2, 0) is 4.74 Å². The molecule has 0 aromatic heterocycles. The zero-order valence-electron chi connectivity index (χ0n) is 6.28. The molecule has 0 saturated heterocycles. The molecule has 0 rings (SSSR count). The highest BCUT2D eigenvalue weighted by Crippen LogP contribution is 2.25. The molecule has 0 fully saturated rings. The smallest absolute Gasteiger partial charge is 0.304 e. The van der Waals surface area contributed by atoms with Crippen molar-refractivity contribution >= 4 is 0 Å². The molecule has 0 bridgehead atoms. The average Bonchev–Trinajstić information content (AvgIpc) is 1.88. The maximum absolute atomic E-state index is 12.3. The highest BCUT2D eigenvalue weighted by atomic mass is 19.3. The fourth-order valence-electron chi connectivity index (χ4n) is 0.772. The summed E-state index contributed by atoms with van der Waals surface area (Å²) in [6.45, 7) is -1.00. The Morgan fingerprint density at radius 1 is 1.45 bits per heavy atom. The van der Waals surface area contributed by atoms with Crippen LogP contribution in [0.5, 0.6) is 0 Å². The van der Waals surface area contributed by atoms with Gasteiger partial charge in [-0.15, -0.1) is 0 Å². The molecule has 0 aromatic carbocycles. The van der Waals surface area contributed by atoms with Gasteiger partial charge in [0.05, 0.1) is 0 Å². The third kappa shape index (κ3) is 2.65. The van der Waals surface area contributed by atoms with Crippen molar-refractivity contribution in [3.05, 3.63) is 0 Å². The van der Waals surface area contributed by atoms with E-state index in [-0.39, 0.29) is 0 Å². The summed E-state index contributed by atoms with van der Waals surface area (Å²) in [4.78, 5) is 0. The molecule has 2 unspecified atom stereocenters. The summed E-state index contributed by atoms with van der Waals surface area (Å²) in [5, 5.41) is 0. The van der Waals surface area contributed by atoms with Gasteiger partial charge in [0.1, 0.15) is 6.17 Å². The van der Waals surface area contributed by atoms with Crippen LogP contribution in [0.25, 0.3) is 0 Å². The molecule has 1 nitrogen and oxygen atoms in total. The van der Waals surface area contributed by atoms with E-state index in [9.17, 15) is 17.6 Å². The van der Waals surface area contributed by atoms with Gasteiger partial charge in [-0.05, 0) is 6.92 Å².